The van der Waals surface area contributed by atoms with E-state index >= 15 is 0 Å². The summed E-state index contributed by atoms with van der Waals surface area (Å²) in [7, 11) is 0. The van der Waals surface area contributed by atoms with Crippen LogP contribution in [-0.2, 0) is 4.79 Å². The van der Waals surface area contributed by atoms with Crippen LogP contribution in [0, 0.1) is 6.92 Å². The van der Waals surface area contributed by atoms with Crippen molar-refractivity contribution in [1.29, 1.82) is 0 Å². The van der Waals surface area contributed by atoms with E-state index in [1.807, 2.05) is 0 Å². The van der Waals surface area contributed by atoms with E-state index < -0.39 is 30.0 Å². The number of benzene rings is 1. The summed E-state index contributed by atoms with van der Waals surface area (Å²) >= 11 is 0. The third-order valence-electron chi connectivity index (χ3n) is 2.27. The van der Waals surface area contributed by atoms with Gasteiger partial charge in [0.05, 0.1) is 0 Å². The largest absolute Gasteiger partial charge is 0.479 e. The fourth-order valence-electron chi connectivity index (χ4n) is 1.48. The molecule has 0 aromatic heterocycles. The van der Waals surface area contributed by atoms with E-state index in [1.54, 1.807) is 0 Å². The maximum atomic E-state index is 12.2. The number of halogens is 2. The first-order valence-electron chi connectivity index (χ1n) is 4.82. The molecule has 0 aliphatic heterocycles. The molecule has 0 aliphatic rings. The second kappa shape index (κ2) is 5.54. The molecular formula is C11H10F2O5. The molecule has 0 spiro atoms. The first-order valence-corrected chi connectivity index (χ1v) is 4.82. The molecule has 1 rings (SSSR count). The average molecular weight is 260 g/mol. The molecule has 0 bridgehead atoms. The molecule has 0 saturated heterocycles. The maximum absolute atomic E-state index is 12.2. The summed E-state index contributed by atoms with van der Waals surface area (Å²) in [5.41, 5.74) is -0.500. The van der Waals surface area contributed by atoms with Gasteiger partial charge in [0.2, 0.25) is 0 Å². The van der Waals surface area contributed by atoms with Crippen molar-refractivity contribution >= 4 is 12.3 Å². The Morgan fingerprint density at radius 2 is 2.06 bits per heavy atom. The molecule has 1 unspecified atom stereocenters. The first kappa shape index (κ1) is 14.0. The number of aliphatic carboxylic acids is 1. The summed E-state index contributed by atoms with van der Waals surface area (Å²) in [6.07, 6.45) is -1.85. The van der Waals surface area contributed by atoms with Crippen LogP contribution in [0.1, 0.15) is 27.6 Å². The Labute approximate surface area is 101 Å². The lowest BCUT2D eigenvalue weighted by Gasteiger charge is -2.17. The number of hydrogen-bond donors (Lipinski definition) is 2. The lowest BCUT2D eigenvalue weighted by molar-refractivity contribution is -0.147. The Morgan fingerprint density at radius 3 is 2.50 bits per heavy atom. The van der Waals surface area contributed by atoms with E-state index in [0.29, 0.717) is 0 Å². The van der Waals surface area contributed by atoms with Crippen molar-refractivity contribution in [2.75, 3.05) is 0 Å². The standard InChI is InChI=1S/C11H10F2O5/c1-5-2-3-6(4-14)7(8(15)10(16)17)9(5)18-11(12)13/h2-4,8,11,15H,1H3,(H,16,17). The molecule has 7 heteroatoms. The van der Waals surface area contributed by atoms with Gasteiger partial charge in [0.1, 0.15) is 5.75 Å². The molecule has 0 radical (unpaired) electrons. The monoisotopic (exact) mass is 260 g/mol. The zero-order valence-corrected chi connectivity index (χ0v) is 9.26. The number of carbonyl (C=O) groups is 2. The van der Waals surface area contributed by atoms with Crippen LogP contribution in [0.25, 0.3) is 0 Å². The minimum absolute atomic E-state index is 0.191. The number of ether oxygens (including phenoxy) is 1. The molecule has 0 heterocycles. The number of aryl methyl sites for hydroxylation is 1. The highest BCUT2D eigenvalue weighted by Gasteiger charge is 2.26. The van der Waals surface area contributed by atoms with E-state index in [4.69, 9.17) is 5.11 Å². The van der Waals surface area contributed by atoms with Gasteiger partial charge in [-0.15, -0.1) is 0 Å². The van der Waals surface area contributed by atoms with Gasteiger partial charge >= 0.3 is 12.6 Å². The van der Waals surface area contributed by atoms with Crippen molar-refractivity contribution < 1.29 is 33.3 Å². The molecule has 0 amide bonds. The third-order valence-corrected chi connectivity index (χ3v) is 2.27. The van der Waals surface area contributed by atoms with Gasteiger partial charge in [-0.05, 0) is 12.5 Å². The van der Waals surface area contributed by atoms with Gasteiger partial charge in [0.15, 0.2) is 12.4 Å². The number of alkyl halides is 2. The molecule has 98 valence electrons. The lowest BCUT2D eigenvalue weighted by Crippen LogP contribution is -2.16. The van der Waals surface area contributed by atoms with Crippen molar-refractivity contribution in [1.82, 2.24) is 0 Å². The number of carboxylic acids is 1. The molecular weight excluding hydrogens is 250 g/mol. The average Bonchev–Trinajstić information content (AvgIpc) is 2.30. The summed E-state index contributed by atoms with van der Waals surface area (Å²) in [6.45, 7) is -1.80. The highest BCUT2D eigenvalue weighted by molar-refractivity contribution is 5.85. The third kappa shape index (κ3) is 2.80. The van der Waals surface area contributed by atoms with Crippen LogP contribution in [-0.4, -0.2) is 29.1 Å². The van der Waals surface area contributed by atoms with Crippen molar-refractivity contribution in [2.45, 2.75) is 19.6 Å². The molecule has 1 atom stereocenters. The Hall–Kier alpha value is -2.02. The van der Waals surface area contributed by atoms with Gasteiger partial charge in [-0.25, -0.2) is 4.79 Å². The molecule has 0 fully saturated rings. The second-order valence-electron chi connectivity index (χ2n) is 3.45. The van der Waals surface area contributed by atoms with E-state index in [9.17, 15) is 23.5 Å². The minimum Gasteiger partial charge on any atom is -0.479 e. The van der Waals surface area contributed by atoms with Crippen LogP contribution in [0.5, 0.6) is 5.75 Å². The predicted octanol–water partition coefficient (Wildman–Crippen LogP) is 1.53. The SMILES string of the molecule is Cc1ccc(C=O)c(C(O)C(=O)O)c1OC(F)F. The quantitative estimate of drug-likeness (QED) is 0.784. The van der Waals surface area contributed by atoms with Gasteiger partial charge in [0.25, 0.3) is 0 Å². The zero-order chi connectivity index (χ0) is 13.9. The van der Waals surface area contributed by atoms with E-state index in [1.165, 1.54) is 19.1 Å². The van der Waals surface area contributed by atoms with Gasteiger partial charge in [-0.1, -0.05) is 12.1 Å². The Kier molecular flexibility index (Phi) is 4.33. The normalized spacial score (nSPS) is 12.3. The summed E-state index contributed by atoms with van der Waals surface area (Å²) in [4.78, 5) is 21.5. The molecule has 5 nitrogen and oxygen atoms in total. The number of aliphatic hydroxyl groups excluding tert-OH is 1. The van der Waals surface area contributed by atoms with Gasteiger partial charge < -0.3 is 14.9 Å². The van der Waals surface area contributed by atoms with Crippen LogP contribution in [0.4, 0.5) is 8.78 Å². The van der Waals surface area contributed by atoms with E-state index in [-0.39, 0.29) is 17.4 Å². The van der Waals surface area contributed by atoms with Gasteiger partial charge in [0, 0.05) is 11.1 Å². The summed E-state index contributed by atoms with van der Waals surface area (Å²) < 4.78 is 28.7. The Balaban J connectivity index is 3.45. The fraction of sp³-hybridized carbons (Fsp3) is 0.273. The minimum atomic E-state index is -3.19. The molecule has 0 saturated carbocycles. The van der Waals surface area contributed by atoms with Crippen molar-refractivity contribution in [2.24, 2.45) is 0 Å². The van der Waals surface area contributed by atoms with Crippen molar-refractivity contribution in [3.8, 4) is 5.75 Å². The summed E-state index contributed by atoms with van der Waals surface area (Å²) in [6, 6.07) is 2.54. The highest BCUT2D eigenvalue weighted by Crippen LogP contribution is 2.33. The number of aliphatic hydroxyl groups is 1. The fourth-order valence-corrected chi connectivity index (χ4v) is 1.48. The molecule has 18 heavy (non-hydrogen) atoms. The molecule has 1 aromatic carbocycles. The smallest absolute Gasteiger partial charge is 0.387 e. The Bertz CT molecular complexity index is 473. The lowest BCUT2D eigenvalue weighted by atomic mass is 9.99. The van der Waals surface area contributed by atoms with Gasteiger partial charge in [-0.2, -0.15) is 8.78 Å². The van der Waals surface area contributed by atoms with Crippen LogP contribution in [0.3, 0.4) is 0 Å². The maximum Gasteiger partial charge on any atom is 0.387 e. The number of carboxylic acid groups (broad SMARTS) is 1. The number of rotatable bonds is 5. The number of carbonyl (C=O) groups excluding carboxylic acids is 1. The predicted molar refractivity (Wildman–Crippen MR) is 55.8 cm³/mol. The summed E-state index contributed by atoms with van der Waals surface area (Å²) in [5.74, 6) is -2.16. The second-order valence-corrected chi connectivity index (χ2v) is 3.45. The van der Waals surface area contributed by atoms with Crippen LogP contribution in [0.15, 0.2) is 12.1 Å². The highest BCUT2D eigenvalue weighted by atomic mass is 19.3. The number of hydrogen-bond acceptors (Lipinski definition) is 4. The molecule has 2 N–H and O–H groups in total. The van der Waals surface area contributed by atoms with Crippen molar-refractivity contribution in [3.63, 3.8) is 0 Å². The van der Waals surface area contributed by atoms with Gasteiger partial charge in [-0.3, -0.25) is 4.79 Å². The van der Waals surface area contributed by atoms with E-state index in [0.717, 1.165) is 0 Å². The van der Waals surface area contributed by atoms with E-state index in [2.05, 4.69) is 4.74 Å². The molecule has 0 aliphatic carbocycles. The topological polar surface area (TPSA) is 83.8 Å². The Morgan fingerprint density at radius 1 is 1.44 bits per heavy atom. The first-order chi connectivity index (χ1) is 8.38. The summed E-state index contributed by atoms with van der Waals surface area (Å²) in [5, 5.41) is 18.1. The number of aldehydes is 1. The zero-order valence-electron chi connectivity index (χ0n) is 9.26. The van der Waals surface area contributed by atoms with Crippen LogP contribution in [0.2, 0.25) is 0 Å². The van der Waals surface area contributed by atoms with Crippen LogP contribution < -0.4 is 4.74 Å². The van der Waals surface area contributed by atoms with Crippen LogP contribution >= 0.6 is 0 Å². The molecule has 1 aromatic rings. The van der Waals surface area contributed by atoms with Crippen molar-refractivity contribution in [3.05, 3.63) is 28.8 Å².